The van der Waals surface area contributed by atoms with Crippen molar-refractivity contribution in [2.24, 2.45) is 5.92 Å². The molecule has 1 aliphatic heterocycles. The highest BCUT2D eigenvalue weighted by molar-refractivity contribution is 14.1. The summed E-state index contributed by atoms with van der Waals surface area (Å²) in [5, 5.41) is 20.8. The Morgan fingerprint density at radius 2 is 1.90 bits per heavy atom. The van der Waals surface area contributed by atoms with E-state index in [0.717, 1.165) is 22.5 Å². The van der Waals surface area contributed by atoms with Crippen LogP contribution in [0.3, 0.4) is 0 Å². The average molecular weight is 804 g/mol. The average Bonchev–Trinajstić information content (AvgIpc) is 3.25. The van der Waals surface area contributed by atoms with Crippen LogP contribution >= 0.6 is 34.8 Å². The molecule has 1 aliphatic rings. The summed E-state index contributed by atoms with van der Waals surface area (Å²) in [5.41, 5.74) is 4.47. The van der Waals surface area contributed by atoms with Crippen molar-refractivity contribution >= 4 is 62.4 Å². The molecule has 0 aliphatic carbocycles. The van der Waals surface area contributed by atoms with Crippen LogP contribution in [0.4, 0.5) is 0 Å². The number of nitrogens with zero attached hydrogens (tertiary/aromatic N) is 4. The monoisotopic (exact) mass is 803 g/mol. The minimum Gasteiger partial charge on any atom is -0.494 e. The van der Waals surface area contributed by atoms with Gasteiger partial charge in [-0.1, -0.05) is 34.7 Å². The van der Waals surface area contributed by atoms with Crippen molar-refractivity contribution in [1.82, 2.24) is 9.13 Å². The Morgan fingerprint density at radius 1 is 1.19 bits per heavy atom. The number of aromatic hydroxyl groups is 1. The number of allylic oxidation sites excluding steroid dienone is 3. The van der Waals surface area contributed by atoms with E-state index in [1.807, 2.05) is 66.9 Å². The maximum absolute atomic E-state index is 13.0. The first-order valence-corrected chi connectivity index (χ1v) is 19.3. The van der Waals surface area contributed by atoms with Crippen molar-refractivity contribution < 1.29 is 27.4 Å². The van der Waals surface area contributed by atoms with Gasteiger partial charge in [-0.05, 0) is 88.9 Å². The first-order valence-electron chi connectivity index (χ1n) is 15.7. The fourth-order valence-electron chi connectivity index (χ4n) is 6.32. The molecule has 1 atom stereocenters. The molecule has 0 saturated carbocycles. The van der Waals surface area contributed by atoms with Crippen molar-refractivity contribution in [3.05, 3.63) is 91.8 Å². The van der Waals surface area contributed by atoms with Crippen molar-refractivity contribution in [2.75, 3.05) is 10.2 Å². The minimum atomic E-state index is -4.07. The minimum absolute atomic E-state index is 0.0529. The van der Waals surface area contributed by atoms with Crippen LogP contribution in [-0.2, 0) is 39.8 Å². The molecular weight excluding hydrogens is 763 g/mol. The molecule has 254 valence electrons. The Hall–Kier alpha value is -3.45. The van der Waals surface area contributed by atoms with Crippen LogP contribution in [0.25, 0.3) is 17.3 Å². The van der Waals surface area contributed by atoms with Gasteiger partial charge in [0.05, 0.1) is 27.2 Å². The number of halogens is 1. The lowest BCUT2D eigenvalue weighted by molar-refractivity contribution is -0.599. The van der Waals surface area contributed by atoms with E-state index >= 15 is 0 Å². The lowest BCUT2D eigenvalue weighted by Gasteiger charge is -2.18. The molecule has 2 aromatic heterocycles. The number of benzene rings is 1. The Balaban J connectivity index is 1.63. The zero-order chi connectivity index (χ0) is 35.4. The molecule has 0 bridgehead atoms. The normalized spacial score (nSPS) is 14.5. The summed E-state index contributed by atoms with van der Waals surface area (Å²) >= 11 is 7.40. The molecule has 0 fully saturated rings. The third-order valence-corrected chi connectivity index (χ3v) is 10.9. The summed E-state index contributed by atoms with van der Waals surface area (Å²) < 4.78 is 37.4. The third-order valence-electron chi connectivity index (χ3n) is 8.82. The van der Waals surface area contributed by atoms with Gasteiger partial charge < -0.3 is 5.11 Å². The molecule has 13 heteroatoms. The molecule has 10 nitrogen and oxygen atoms in total. The van der Waals surface area contributed by atoms with Gasteiger partial charge in [-0.15, -0.1) is 0 Å². The molecule has 1 aromatic carbocycles. The van der Waals surface area contributed by atoms with Crippen molar-refractivity contribution in [3.8, 4) is 17.6 Å². The topological polar surface area (TPSA) is 146 Å². The molecule has 3 aromatic rings. The summed E-state index contributed by atoms with van der Waals surface area (Å²) in [5.74, 6) is -0.490. The van der Waals surface area contributed by atoms with Crippen molar-refractivity contribution in [1.29, 1.82) is 5.26 Å². The summed E-state index contributed by atoms with van der Waals surface area (Å²) in [6.07, 6.45) is 8.36. The summed E-state index contributed by atoms with van der Waals surface area (Å²) in [6, 6.07) is 12.3. The smallest absolute Gasteiger partial charge is 0.265 e. The number of Topliss-reactive ketones (excluding diaryl/α,β-unsaturated/α-hetero) is 1. The Kier molecular flexibility index (Phi) is 12.0. The number of nitriles is 1. The number of alkyl halides is 1. The van der Waals surface area contributed by atoms with E-state index in [2.05, 4.69) is 30.6 Å². The Labute approximate surface area is 300 Å². The number of hydrogen-bond donors (Lipinski definition) is 2. The van der Waals surface area contributed by atoms with Crippen LogP contribution in [0.2, 0.25) is 0 Å². The van der Waals surface area contributed by atoms with Crippen LogP contribution in [-0.4, -0.2) is 43.2 Å². The first kappa shape index (κ1) is 37.4. The van der Waals surface area contributed by atoms with Crippen molar-refractivity contribution in [3.63, 3.8) is 0 Å². The molecule has 2 N–H and O–H groups in total. The highest BCUT2D eigenvalue weighted by Gasteiger charge is 2.44. The maximum Gasteiger partial charge on any atom is 0.265 e. The van der Waals surface area contributed by atoms with Gasteiger partial charge >= 0.3 is 0 Å². The quantitative estimate of drug-likeness (QED) is 0.0391. The predicted molar refractivity (Wildman–Crippen MR) is 197 cm³/mol. The molecule has 3 heterocycles. The van der Waals surface area contributed by atoms with E-state index in [0.29, 0.717) is 47.9 Å². The van der Waals surface area contributed by atoms with Gasteiger partial charge in [0.2, 0.25) is 11.6 Å². The number of pyridine rings is 1. The van der Waals surface area contributed by atoms with Crippen LogP contribution in [0.1, 0.15) is 74.9 Å². The van der Waals surface area contributed by atoms with Gasteiger partial charge in [-0.3, -0.25) is 23.3 Å². The van der Waals surface area contributed by atoms with E-state index in [1.54, 1.807) is 12.2 Å². The highest BCUT2D eigenvalue weighted by Crippen LogP contribution is 2.39. The van der Waals surface area contributed by atoms with E-state index < -0.39 is 21.1 Å². The molecule has 1 unspecified atom stereocenters. The lowest BCUT2D eigenvalue weighted by atomic mass is 9.81. The maximum atomic E-state index is 13.0. The highest BCUT2D eigenvalue weighted by atomic mass is 127. The standard InChI is InChI=1S/C35H39IN4O6S2/c1-5-38-32(42)28(33(43)39(6-2)34(38)47)11-7-10-26(22-37)25-14-15-40-30-13-12-24(19-29(30)35(3,4)31(40)20-25)17-23(18-27(41)21-36)9-8-16-48(44,45)46/h7,10-15,19-20,23H,5-6,8-9,16-18,21H2,1-4H3,(H,44,45,46)/p+1. The molecule has 48 heavy (non-hydrogen) atoms. The van der Waals surface area contributed by atoms with E-state index in [9.17, 15) is 32.9 Å². The van der Waals surface area contributed by atoms with Gasteiger partial charge in [-0.2, -0.15) is 18.2 Å². The van der Waals surface area contributed by atoms with Gasteiger partial charge in [0, 0.05) is 48.8 Å². The van der Waals surface area contributed by atoms with E-state index in [-0.39, 0.29) is 40.1 Å². The number of rotatable bonds is 14. The second kappa shape index (κ2) is 15.4. The van der Waals surface area contributed by atoms with Gasteiger partial charge in [-0.25, -0.2) is 0 Å². The number of ketones is 1. The second-order valence-corrected chi connectivity index (χ2v) is 15.1. The molecule has 0 saturated heterocycles. The van der Waals surface area contributed by atoms with Crippen LogP contribution in [0.15, 0.2) is 53.5 Å². The van der Waals surface area contributed by atoms with Crippen LogP contribution in [0, 0.1) is 22.0 Å². The Bertz CT molecular complexity index is 2070. The fraction of sp³-hybridized carbons (Fsp3) is 0.400. The van der Waals surface area contributed by atoms with E-state index in [1.165, 1.54) is 15.2 Å². The van der Waals surface area contributed by atoms with Gasteiger partial charge in [0.1, 0.15) is 11.3 Å². The summed E-state index contributed by atoms with van der Waals surface area (Å²) in [7, 11) is -4.07. The number of carbonyl (C=O) groups excluding carboxylic acids is 1. The summed E-state index contributed by atoms with van der Waals surface area (Å²) in [6.45, 7) is 8.63. The van der Waals surface area contributed by atoms with Crippen LogP contribution < -0.4 is 10.1 Å². The molecular formula is C35H40IN4O6S2+. The Morgan fingerprint density at radius 3 is 2.52 bits per heavy atom. The van der Waals surface area contributed by atoms with Gasteiger partial charge in [0.15, 0.2) is 16.7 Å². The predicted octanol–water partition coefficient (Wildman–Crippen LogP) is 5.88. The van der Waals surface area contributed by atoms with Crippen molar-refractivity contribution in [2.45, 2.75) is 71.9 Å². The molecule has 0 amide bonds. The lowest BCUT2D eigenvalue weighted by Crippen LogP contribution is -2.34. The largest absolute Gasteiger partial charge is 0.494 e. The van der Waals surface area contributed by atoms with Crippen LogP contribution in [0.5, 0.6) is 5.88 Å². The molecule has 0 radical (unpaired) electrons. The second-order valence-electron chi connectivity index (χ2n) is 12.4. The number of carbonyl (C=O) groups is 1. The zero-order valence-electron chi connectivity index (χ0n) is 27.4. The molecule has 0 spiro atoms. The molecule has 4 rings (SSSR count). The first-order chi connectivity index (χ1) is 22.7. The number of aromatic nitrogens is 3. The fourth-order valence-corrected chi connectivity index (χ4v) is 7.59. The van der Waals surface area contributed by atoms with Gasteiger partial charge in [0.25, 0.3) is 15.7 Å². The zero-order valence-corrected chi connectivity index (χ0v) is 31.2. The number of fused-ring (bicyclic) bond motifs is 3. The third kappa shape index (κ3) is 8.05. The number of hydrogen-bond acceptors (Lipinski definition) is 7. The SMILES string of the molecule is CCn1c(O)c(/C=C/C=C(\C#N)c2cc[n+]3c(c2)C(C)(C)c2cc(CC(CCCS(=O)(=O)O)CC(=O)CI)ccc2-3)c(=O)n(CC)c1=S. The summed E-state index contributed by atoms with van der Waals surface area (Å²) in [4.78, 5) is 25.3. The van der Waals surface area contributed by atoms with E-state index in [4.69, 9.17) is 12.2 Å².